The van der Waals surface area contributed by atoms with Crippen LogP contribution in [-0.4, -0.2) is 22.3 Å². The van der Waals surface area contributed by atoms with Crippen LogP contribution >= 0.6 is 0 Å². The van der Waals surface area contributed by atoms with Gasteiger partial charge in [0.2, 0.25) is 0 Å². The Labute approximate surface area is 152 Å². The fourth-order valence-corrected chi connectivity index (χ4v) is 3.58. The number of pyridine rings is 1. The zero-order chi connectivity index (χ0) is 19.2. The Morgan fingerprint density at radius 2 is 1.78 bits per heavy atom. The van der Waals surface area contributed by atoms with Crippen LogP contribution in [0.25, 0.3) is 10.8 Å². The molecule has 2 heterocycles. The molecule has 1 aromatic heterocycles. The van der Waals surface area contributed by atoms with Gasteiger partial charge in [0, 0.05) is 30.1 Å². The number of benzene rings is 2. The Morgan fingerprint density at radius 1 is 1.04 bits per heavy atom. The summed E-state index contributed by atoms with van der Waals surface area (Å²) < 4.78 is 40.0. The highest BCUT2D eigenvalue weighted by Gasteiger charge is 2.36. The fraction of sp³-hybridized carbons (Fsp3) is 0.200. The number of rotatable bonds is 1. The highest BCUT2D eigenvalue weighted by atomic mass is 19.4. The van der Waals surface area contributed by atoms with E-state index >= 15 is 0 Å². The average Bonchev–Trinajstić information content (AvgIpc) is 2.66. The first-order chi connectivity index (χ1) is 12.9. The number of halogens is 3. The van der Waals surface area contributed by atoms with E-state index in [2.05, 4.69) is 4.98 Å². The van der Waals surface area contributed by atoms with Crippen LogP contribution in [0.5, 0.6) is 0 Å². The van der Waals surface area contributed by atoms with Gasteiger partial charge in [0.05, 0.1) is 11.1 Å². The molecule has 0 unspecified atom stereocenters. The molecule has 0 aliphatic carbocycles. The van der Waals surface area contributed by atoms with Crippen LogP contribution in [-0.2, 0) is 19.1 Å². The van der Waals surface area contributed by atoms with Crippen molar-refractivity contribution >= 4 is 16.7 Å². The Balaban J connectivity index is 1.74. The lowest BCUT2D eigenvalue weighted by Crippen LogP contribution is -2.37. The number of hydrogen-bond donors (Lipinski definition) is 1. The second kappa shape index (κ2) is 6.26. The molecular formula is C20H15F3N2O2. The largest absolute Gasteiger partial charge is 0.416 e. The molecule has 1 aliphatic heterocycles. The summed E-state index contributed by atoms with van der Waals surface area (Å²) in [7, 11) is 0. The summed E-state index contributed by atoms with van der Waals surface area (Å²) in [6.45, 7) is 0.206. The Kier molecular flexibility index (Phi) is 4.02. The second-order valence-corrected chi connectivity index (χ2v) is 6.49. The smallest absolute Gasteiger partial charge is 0.334 e. The molecule has 0 fully saturated rings. The molecule has 0 radical (unpaired) electrons. The maximum absolute atomic E-state index is 13.3. The molecule has 7 heteroatoms. The fourth-order valence-electron chi connectivity index (χ4n) is 3.58. The predicted octanol–water partition coefficient (Wildman–Crippen LogP) is 3.75. The van der Waals surface area contributed by atoms with Crippen LogP contribution < -0.4 is 5.56 Å². The predicted molar refractivity (Wildman–Crippen MR) is 94.5 cm³/mol. The summed E-state index contributed by atoms with van der Waals surface area (Å²) in [5.74, 6) is -0.398. The molecule has 1 amide bonds. The molecule has 0 atom stereocenters. The van der Waals surface area contributed by atoms with Crippen LogP contribution in [0.1, 0.15) is 27.0 Å². The second-order valence-electron chi connectivity index (χ2n) is 6.49. The maximum atomic E-state index is 13.3. The molecule has 0 saturated carbocycles. The molecule has 0 bridgehead atoms. The zero-order valence-electron chi connectivity index (χ0n) is 14.1. The lowest BCUT2D eigenvalue weighted by atomic mass is 9.94. The van der Waals surface area contributed by atoms with Crippen molar-refractivity contribution in [2.24, 2.45) is 0 Å². The monoisotopic (exact) mass is 372 g/mol. The molecule has 27 heavy (non-hydrogen) atoms. The molecule has 4 rings (SSSR count). The van der Waals surface area contributed by atoms with Gasteiger partial charge in [0.1, 0.15) is 0 Å². The summed E-state index contributed by atoms with van der Waals surface area (Å²) in [5.41, 5.74) is 0.00555. The van der Waals surface area contributed by atoms with Crippen LogP contribution in [0, 0.1) is 0 Å². The van der Waals surface area contributed by atoms with Gasteiger partial charge in [-0.15, -0.1) is 0 Å². The molecule has 3 aromatic rings. The van der Waals surface area contributed by atoms with Crippen LogP contribution in [0.15, 0.2) is 53.5 Å². The van der Waals surface area contributed by atoms with Crippen molar-refractivity contribution < 1.29 is 18.0 Å². The molecule has 0 saturated heterocycles. The van der Waals surface area contributed by atoms with Gasteiger partial charge in [-0.1, -0.05) is 30.3 Å². The summed E-state index contributed by atoms with van der Waals surface area (Å²) in [4.78, 5) is 28.9. The van der Waals surface area contributed by atoms with E-state index in [1.165, 1.54) is 17.2 Å². The minimum atomic E-state index is -4.47. The highest BCUT2D eigenvalue weighted by Crippen LogP contribution is 2.36. The molecule has 1 N–H and O–H groups in total. The molecular weight excluding hydrogens is 357 g/mol. The van der Waals surface area contributed by atoms with Gasteiger partial charge in [-0.2, -0.15) is 13.2 Å². The van der Waals surface area contributed by atoms with Crippen molar-refractivity contribution in [3.63, 3.8) is 0 Å². The molecule has 4 nitrogen and oxygen atoms in total. The minimum absolute atomic E-state index is 0.114. The first-order valence-corrected chi connectivity index (χ1v) is 8.44. The van der Waals surface area contributed by atoms with Crippen LogP contribution in [0.4, 0.5) is 13.2 Å². The first kappa shape index (κ1) is 17.3. The van der Waals surface area contributed by atoms with Crippen molar-refractivity contribution in [1.29, 1.82) is 0 Å². The van der Waals surface area contributed by atoms with Crippen molar-refractivity contribution in [3.8, 4) is 0 Å². The lowest BCUT2D eigenvalue weighted by molar-refractivity contribution is -0.138. The van der Waals surface area contributed by atoms with Gasteiger partial charge in [0.25, 0.3) is 11.5 Å². The Morgan fingerprint density at radius 3 is 2.52 bits per heavy atom. The van der Waals surface area contributed by atoms with Gasteiger partial charge >= 0.3 is 6.18 Å². The molecule has 138 valence electrons. The number of aromatic nitrogens is 1. The lowest BCUT2D eigenvalue weighted by Gasteiger charge is -2.31. The number of amides is 1. The van der Waals surface area contributed by atoms with Crippen LogP contribution in [0.3, 0.4) is 0 Å². The number of carbonyl (C=O) groups excluding carboxylic acids is 1. The third-order valence-electron chi connectivity index (χ3n) is 4.91. The third-order valence-corrected chi connectivity index (χ3v) is 4.91. The number of H-pyrrole nitrogens is 1. The zero-order valence-corrected chi connectivity index (χ0v) is 14.1. The number of nitrogens with one attached hydrogen (secondary N) is 1. The van der Waals surface area contributed by atoms with Gasteiger partial charge < -0.3 is 9.88 Å². The van der Waals surface area contributed by atoms with Crippen molar-refractivity contribution in [2.45, 2.75) is 19.1 Å². The van der Waals surface area contributed by atoms with E-state index < -0.39 is 17.6 Å². The number of fused-ring (bicyclic) bond motifs is 2. The minimum Gasteiger partial charge on any atom is -0.334 e. The first-order valence-electron chi connectivity index (χ1n) is 8.44. The Hall–Kier alpha value is -3.09. The molecule has 1 aliphatic rings. The summed E-state index contributed by atoms with van der Waals surface area (Å²) in [6.07, 6.45) is -2.79. The van der Waals surface area contributed by atoms with E-state index in [0.717, 1.165) is 6.07 Å². The number of alkyl halides is 3. The SMILES string of the molecule is O=C(c1c[nH]c(=O)c2ccccc12)N1CCc2cccc(C(F)(F)F)c2C1. The van der Waals surface area contributed by atoms with Crippen molar-refractivity contribution in [3.05, 3.63) is 81.3 Å². The molecule has 2 aromatic carbocycles. The molecule has 0 spiro atoms. The normalized spacial score (nSPS) is 14.3. The van der Waals surface area contributed by atoms with Gasteiger partial charge in [0.15, 0.2) is 0 Å². The average molecular weight is 372 g/mol. The van der Waals surface area contributed by atoms with Crippen molar-refractivity contribution in [1.82, 2.24) is 9.88 Å². The number of nitrogens with zero attached hydrogens (tertiary/aromatic N) is 1. The summed E-state index contributed by atoms with van der Waals surface area (Å²) in [5, 5.41) is 0.859. The maximum Gasteiger partial charge on any atom is 0.416 e. The van der Waals surface area contributed by atoms with Gasteiger partial charge in [-0.3, -0.25) is 9.59 Å². The number of hydrogen-bond acceptors (Lipinski definition) is 2. The van der Waals surface area contributed by atoms with Crippen molar-refractivity contribution in [2.75, 3.05) is 6.54 Å². The van der Waals surface area contributed by atoms with E-state index in [9.17, 15) is 22.8 Å². The van der Waals surface area contributed by atoms with Gasteiger partial charge in [-0.05, 0) is 29.7 Å². The van der Waals surface area contributed by atoms with E-state index in [1.807, 2.05) is 0 Å². The topological polar surface area (TPSA) is 53.2 Å². The van der Waals surface area contributed by atoms with E-state index in [1.54, 1.807) is 30.3 Å². The van der Waals surface area contributed by atoms with Gasteiger partial charge in [-0.25, -0.2) is 0 Å². The van der Waals surface area contributed by atoms with E-state index in [4.69, 9.17) is 0 Å². The van der Waals surface area contributed by atoms with E-state index in [0.29, 0.717) is 29.3 Å². The number of aromatic amines is 1. The summed E-state index contributed by atoms with van der Waals surface area (Å²) in [6, 6.07) is 10.8. The highest BCUT2D eigenvalue weighted by molar-refractivity contribution is 6.06. The van der Waals surface area contributed by atoms with Crippen LogP contribution in [0.2, 0.25) is 0 Å². The quantitative estimate of drug-likeness (QED) is 0.707. The Bertz CT molecular complexity index is 1100. The number of carbonyl (C=O) groups is 1. The third kappa shape index (κ3) is 2.99. The summed E-state index contributed by atoms with van der Waals surface area (Å²) >= 11 is 0. The standard InChI is InChI=1S/C20H15F3N2O2/c21-20(22,23)17-7-3-4-12-8-9-25(11-16(12)17)19(27)15-10-24-18(26)14-6-2-1-5-13(14)15/h1-7,10H,8-9,11H2,(H,24,26). The van der Waals surface area contributed by atoms with E-state index in [-0.39, 0.29) is 23.2 Å².